The van der Waals surface area contributed by atoms with E-state index >= 15 is 0 Å². The molecule has 2 rings (SSSR count). The van der Waals surface area contributed by atoms with Crippen LogP contribution in [0.4, 0.5) is 18.9 Å². The summed E-state index contributed by atoms with van der Waals surface area (Å²) in [5.41, 5.74) is -0.956. The number of rotatable bonds is 2. The Morgan fingerprint density at radius 2 is 1.70 bits per heavy atom. The Hall–Kier alpha value is -2.81. The summed E-state index contributed by atoms with van der Waals surface area (Å²) in [6, 6.07) is 7.87. The van der Waals surface area contributed by atoms with Crippen molar-refractivity contribution in [2.45, 2.75) is 0 Å². The molecule has 3 nitrogen and oxygen atoms in total. The standard InChI is InChI=1S/C14H7F3N2O/c15-10-5-4-9(6-8(10)7-18)19-14(20)13-11(16)2-1-3-12(13)17/h1-6H,(H,19,20). The van der Waals surface area contributed by atoms with E-state index in [9.17, 15) is 18.0 Å². The molecule has 2 aromatic carbocycles. The Bertz CT molecular complexity index is 703. The van der Waals surface area contributed by atoms with E-state index < -0.39 is 28.9 Å². The summed E-state index contributed by atoms with van der Waals surface area (Å²) < 4.78 is 39.9. The van der Waals surface area contributed by atoms with Crippen LogP contribution in [-0.4, -0.2) is 5.91 Å². The molecule has 0 aliphatic carbocycles. The Balaban J connectivity index is 2.31. The zero-order valence-electron chi connectivity index (χ0n) is 9.95. The first-order valence-electron chi connectivity index (χ1n) is 5.48. The van der Waals surface area contributed by atoms with Crippen molar-refractivity contribution in [3.05, 3.63) is 65.0 Å². The summed E-state index contributed by atoms with van der Waals surface area (Å²) in [5.74, 6) is -3.78. The van der Waals surface area contributed by atoms with Gasteiger partial charge in [0.2, 0.25) is 0 Å². The molecule has 0 radical (unpaired) electrons. The van der Waals surface area contributed by atoms with Crippen LogP contribution in [-0.2, 0) is 0 Å². The van der Waals surface area contributed by atoms with E-state index in [1.807, 2.05) is 0 Å². The van der Waals surface area contributed by atoms with Crippen LogP contribution < -0.4 is 5.32 Å². The van der Waals surface area contributed by atoms with Gasteiger partial charge < -0.3 is 5.32 Å². The first-order valence-corrected chi connectivity index (χ1v) is 5.48. The van der Waals surface area contributed by atoms with Gasteiger partial charge in [0, 0.05) is 5.69 Å². The molecule has 100 valence electrons. The highest BCUT2D eigenvalue weighted by molar-refractivity contribution is 6.04. The Morgan fingerprint density at radius 3 is 2.30 bits per heavy atom. The van der Waals surface area contributed by atoms with Gasteiger partial charge in [0.1, 0.15) is 29.1 Å². The highest BCUT2D eigenvalue weighted by Crippen LogP contribution is 2.17. The minimum atomic E-state index is -1.02. The molecule has 0 fully saturated rings. The number of hydrogen-bond acceptors (Lipinski definition) is 2. The molecular formula is C14H7F3N2O. The van der Waals surface area contributed by atoms with Gasteiger partial charge >= 0.3 is 0 Å². The minimum absolute atomic E-state index is 0.0654. The van der Waals surface area contributed by atoms with Crippen LogP contribution in [0.3, 0.4) is 0 Å². The van der Waals surface area contributed by atoms with E-state index in [2.05, 4.69) is 5.32 Å². The molecule has 0 heterocycles. The highest BCUT2D eigenvalue weighted by Gasteiger charge is 2.17. The first kappa shape index (κ1) is 13.6. The summed E-state index contributed by atoms with van der Waals surface area (Å²) in [4.78, 5) is 11.8. The third-order valence-corrected chi connectivity index (χ3v) is 2.53. The number of nitrogens with zero attached hydrogens (tertiary/aromatic N) is 1. The molecule has 2 aromatic rings. The number of amides is 1. The molecule has 0 bridgehead atoms. The fraction of sp³-hybridized carbons (Fsp3) is 0. The second-order valence-corrected chi connectivity index (χ2v) is 3.86. The van der Waals surface area contributed by atoms with E-state index in [-0.39, 0.29) is 11.3 Å². The van der Waals surface area contributed by atoms with Crippen LogP contribution in [0.25, 0.3) is 0 Å². The first-order chi connectivity index (χ1) is 9.52. The number of carbonyl (C=O) groups is 1. The van der Waals surface area contributed by atoms with Gasteiger partial charge in [-0.05, 0) is 30.3 Å². The van der Waals surface area contributed by atoms with Gasteiger partial charge in [-0.3, -0.25) is 4.79 Å². The van der Waals surface area contributed by atoms with Gasteiger partial charge in [-0.2, -0.15) is 5.26 Å². The fourth-order valence-corrected chi connectivity index (χ4v) is 1.60. The van der Waals surface area contributed by atoms with Gasteiger partial charge in [0.25, 0.3) is 5.91 Å². The van der Waals surface area contributed by atoms with Gasteiger partial charge in [0.05, 0.1) is 5.56 Å². The van der Waals surface area contributed by atoms with Crippen LogP contribution in [0.2, 0.25) is 0 Å². The summed E-state index contributed by atoms with van der Waals surface area (Å²) >= 11 is 0. The molecular weight excluding hydrogens is 269 g/mol. The fourth-order valence-electron chi connectivity index (χ4n) is 1.60. The average Bonchev–Trinajstić information content (AvgIpc) is 2.40. The van der Waals surface area contributed by atoms with E-state index in [1.54, 1.807) is 6.07 Å². The lowest BCUT2D eigenvalue weighted by atomic mass is 10.1. The van der Waals surface area contributed by atoms with Crippen molar-refractivity contribution in [1.29, 1.82) is 5.26 Å². The monoisotopic (exact) mass is 276 g/mol. The van der Waals surface area contributed by atoms with Gasteiger partial charge in [-0.15, -0.1) is 0 Å². The van der Waals surface area contributed by atoms with Crippen LogP contribution in [0, 0.1) is 28.8 Å². The molecule has 0 saturated heterocycles. The molecule has 0 aromatic heterocycles. The molecule has 6 heteroatoms. The maximum Gasteiger partial charge on any atom is 0.261 e. The summed E-state index contributed by atoms with van der Waals surface area (Å²) in [6.45, 7) is 0. The molecule has 0 spiro atoms. The number of nitriles is 1. The summed E-state index contributed by atoms with van der Waals surface area (Å²) in [6.07, 6.45) is 0. The predicted octanol–water partition coefficient (Wildman–Crippen LogP) is 3.23. The van der Waals surface area contributed by atoms with E-state index in [0.717, 1.165) is 30.3 Å². The van der Waals surface area contributed by atoms with Crippen molar-refractivity contribution in [2.75, 3.05) is 5.32 Å². The molecule has 0 aliphatic rings. The molecule has 0 saturated carbocycles. The quantitative estimate of drug-likeness (QED) is 0.915. The van der Waals surface area contributed by atoms with Crippen LogP contribution in [0.5, 0.6) is 0 Å². The predicted molar refractivity (Wildman–Crippen MR) is 65.4 cm³/mol. The molecule has 1 N–H and O–H groups in total. The summed E-state index contributed by atoms with van der Waals surface area (Å²) in [5, 5.41) is 10.9. The van der Waals surface area contributed by atoms with E-state index in [1.165, 1.54) is 6.07 Å². The SMILES string of the molecule is N#Cc1cc(NC(=O)c2c(F)cccc2F)ccc1F. The van der Waals surface area contributed by atoms with E-state index in [4.69, 9.17) is 5.26 Å². The van der Waals surface area contributed by atoms with Crippen molar-refractivity contribution in [2.24, 2.45) is 0 Å². The lowest BCUT2D eigenvalue weighted by molar-refractivity contribution is 0.101. The Morgan fingerprint density at radius 1 is 1.05 bits per heavy atom. The second-order valence-electron chi connectivity index (χ2n) is 3.86. The van der Waals surface area contributed by atoms with Crippen molar-refractivity contribution >= 4 is 11.6 Å². The number of carbonyl (C=O) groups excluding carboxylic acids is 1. The molecule has 1 amide bonds. The molecule has 0 aliphatic heterocycles. The second kappa shape index (κ2) is 5.45. The zero-order chi connectivity index (χ0) is 14.7. The van der Waals surface area contributed by atoms with Gasteiger partial charge in [-0.25, -0.2) is 13.2 Å². The molecule has 20 heavy (non-hydrogen) atoms. The minimum Gasteiger partial charge on any atom is -0.322 e. The number of anilines is 1. The topological polar surface area (TPSA) is 52.9 Å². The zero-order valence-corrected chi connectivity index (χ0v) is 9.95. The largest absolute Gasteiger partial charge is 0.322 e. The smallest absolute Gasteiger partial charge is 0.261 e. The van der Waals surface area contributed by atoms with E-state index in [0.29, 0.717) is 0 Å². The number of halogens is 3. The van der Waals surface area contributed by atoms with Crippen molar-refractivity contribution in [3.8, 4) is 6.07 Å². The number of hydrogen-bond donors (Lipinski definition) is 1. The highest BCUT2D eigenvalue weighted by atomic mass is 19.1. The van der Waals surface area contributed by atoms with Gasteiger partial charge in [0.15, 0.2) is 0 Å². The normalized spacial score (nSPS) is 9.90. The van der Waals surface area contributed by atoms with Crippen LogP contribution in [0.15, 0.2) is 36.4 Å². The van der Waals surface area contributed by atoms with Crippen LogP contribution in [0.1, 0.15) is 15.9 Å². The lowest BCUT2D eigenvalue weighted by Crippen LogP contribution is -2.16. The number of nitrogens with one attached hydrogen (secondary N) is 1. The average molecular weight is 276 g/mol. The van der Waals surface area contributed by atoms with Crippen molar-refractivity contribution < 1.29 is 18.0 Å². The Labute approximate surface area is 112 Å². The third-order valence-electron chi connectivity index (χ3n) is 2.53. The molecule has 0 unspecified atom stereocenters. The summed E-state index contributed by atoms with van der Waals surface area (Å²) in [7, 11) is 0. The third kappa shape index (κ3) is 2.62. The van der Waals surface area contributed by atoms with Gasteiger partial charge in [-0.1, -0.05) is 6.07 Å². The maximum absolute atomic E-state index is 13.4. The molecule has 0 atom stereocenters. The lowest BCUT2D eigenvalue weighted by Gasteiger charge is -2.07. The Kier molecular flexibility index (Phi) is 3.71. The van der Waals surface area contributed by atoms with Crippen molar-refractivity contribution in [1.82, 2.24) is 0 Å². The number of benzene rings is 2. The maximum atomic E-state index is 13.4. The van der Waals surface area contributed by atoms with Crippen LogP contribution >= 0.6 is 0 Å². The van der Waals surface area contributed by atoms with Crippen molar-refractivity contribution in [3.63, 3.8) is 0 Å².